The molecule has 2 heterocycles. The molecule has 4 nitrogen and oxygen atoms in total. The van der Waals surface area contributed by atoms with Crippen LogP contribution in [0.25, 0.3) is 0 Å². The van der Waals surface area contributed by atoms with E-state index in [0.29, 0.717) is 12.1 Å². The predicted molar refractivity (Wildman–Crippen MR) is 83.2 cm³/mol. The molecule has 1 aromatic rings. The fraction of sp³-hybridized carbons (Fsp3) is 0.765. The van der Waals surface area contributed by atoms with Crippen molar-refractivity contribution in [3.05, 3.63) is 23.2 Å². The number of furan rings is 1. The van der Waals surface area contributed by atoms with Gasteiger partial charge in [0.25, 0.3) is 0 Å². The molecule has 1 aromatic heterocycles. The van der Waals surface area contributed by atoms with Crippen LogP contribution >= 0.6 is 0 Å². The van der Waals surface area contributed by atoms with Gasteiger partial charge in [-0.3, -0.25) is 4.90 Å². The Bertz CT molecular complexity index is 467. The van der Waals surface area contributed by atoms with Crippen LogP contribution in [0.4, 0.5) is 0 Å². The highest BCUT2D eigenvalue weighted by Gasteiger charge is 2.26. The fourth-order valence-electron chi connectivity index (χ4n) is 3.07. The summed E-state index contributed by atoms with van der Waals surface area (Å²) in [6, 6.07) is 3.49. The zero-order chi connectivity index (χ0) is 14.8. The first kappa shape index (κ1) is 15.1. The van der Waals surface area contributed by atoms with Gasteiger partial charge in [0, 0.05) is 30.7 Å². The summed E-state index contributed by atoms with van der Waals surface area (Å²) in [5.41, 5.74) is 1.33. The minimum atomic E-state index is 0.330. The van der Waals surface area contributed by atoms with Crippen LogP contribution in [0, 0.1) is 6.92 Å². The van der Waals surface area contributed by atoms with E-state index in [1.54, 1.807) is 0 Å². The van der Waals surface area contributed by atoms with E-state index >= 15 is 0 Å². The molecule has 0 bridgehead atoms. The first-order chi connectivity index (χ1) is 10.2. The van der Waals surface area contributed by atoms with Crippen molar-refractivity contribution in [2.24, 2.45) is 0 Å². The smallest absolute Gasteiger partial charge is 0.118 e. The molecule has 1 saturated carbocycles. The third-order valence-corrected chi connectivity index (χ3v) is 4.64. The summed E-state index contributed by atoms with van der Waals surface area (Å²) in [6.07, 6.45) is 4.10. The van der Waals surface area contributed by atoms with Crippen molar-refractivity contribution < 1.29 is 9.15 Å². The second-order valence-electron chi connectivity index (χ2n) is 6.58. The Morgan fingerprint density at radius 3 is 2.90 bits per heavy atom. The van der Waals surface area contributed by atoms with E-state index in [4.69, 9.17) is 9.15 Å². The van der Waals surface area contributed by atoms with E-state index in [0.717, 1.165) is 50.2 Å². The van der Waals surface area contributed by atoms with Gasteiger partial charge in [-0.05, 0) is 39.2 Å². The third-order valence-electron chi connectivity index (χ3n) is 4.64. The summed E-state index contributed by atoms with van der Waals surface area (Å²) in [4.78, 5) is 2.55. The molecular formula is C17H28N2O2. The molecule has 118 valence electrons. The first-order valence-electron chi connectivity index (χ1n) is 8.33. The molecule has 2 atom stereocenters. The lowest BCUT2D eigenvalue weighted by molar-refractivity contribution is -0.0593. The summed E-state index contributed by atoms with van der Waals surface area (Å²) < 4.78 is 11.7. The molecule has 3 rings (SSSR count). The van der Waals surface area contributed by atoms with Gasteiger partial charge in [-0.1, -0.05) is 6.92 Å². The van der Waals surface area contributed by atoms with Gasteiger partial charge in [0.05, 0.1) is 19.3 Å². The number of ether oxygens (including phenoxy) is 1. The van der Waals surface area contributed by atoms with Crippen molar-refractivity contribution in [2.45, 2.75) is 71.3 Å². The van der Waals surface area contributed by atoms with E-state index in [1.165, 1.54) is 18.4 Å². The molecule has 2 aliphatic rings. The number of aryl methyl sites for hydroxylation is 1. The largest absolute Gasteiger partial charge is 0.465 e. The van der Waals surface area contributed by atoms with Crippen LogP contribution in [0.3, 0.4) is 0 Å². The van der Waals surface area contributed by atoms with Gasteiger partial charge in [-0.25, -0.2) is 0 Å². The summed E-state index contributed by atoms with van der Waals surface area (Å²) in [6.45, 7) is 10.2. The van der Waals surface area contributed by atoms with Crippen molar-refractivity contribution in [1.82, 2.24) is 10.2 Å². The molecule has 1 aliphatic heterocycles. The maximum Gasteiger partial charge on any atom is 0.118 e. The lowest BCUT2D eigenvalue weighted by Crippen LogP contribution is -2.47. The zero-order valence-corrected chi connectivity index (χ0v) is 13.5. The lowest BCUT2D eigenvalue weighted by atomic mass is 10.1. The molecule has 1 saturated heterocycles. The van der Waals surface area contributed by atoms with E-state index in [1.807, 2.05) is 0 Å². The highest BCUT2D eigenvalue weighted by atomic mass is 16.5. The fourth-order valence-corrected chi connectivity index (χ4v) is 3.07. The second-order valence-corrected chi connectivity index (χ2v) is 6.58. The third kappa shape index (κ3) is 3.87. The Morgan fingerprint density at radius 2 is 2.19 bits per heavy atom. The van der Waals surface area contributed by atoms with E-state index in [2.05, 4.69) is 37.1 Å². The van der Waals surface area contributed by atoms with Crippen molar-refractivity contribution in [2.75, 3.05) is 13.2 Å². The Balaban J connectivity index is 1.62. The molecule has 2 fully saturated rings. The van der Waals surface area contributed by atoms with Crippen LogP contribution in [0.1, 0.15) is 50.2 Å². The number of hydrogen-bond acceptors (Lipinski definition) is 4. The number of rotatable bonds is 6. The van der Waals surface area contributed by atoms with Gasteiger partial charge < -0.3 is 14.5 Å². The SMILES string of the molecule is CCC1COC(C)CN1Cc1cc(CNC2CC2)oc1C. The molecule has 0 amide bonds. The Kier molecular flexibility index (Phi) is 4.67. The van der Waals surface area contributed by atoms with Gasteiger partial charge in [-0.15, -0.1) is 0 Å². The highest BCUT2D eigenvalue weighted by Crippen LogP contribution is 2.23. The minimum absolute atomic E-state index is 0.330. The summed E-state index contributed by atoms with van der Waals surface area (Å²) >= 11 is 0. The number of morpholine rings is 1. The topological polar surface area (TPSA) is 37.6 Å². The quantitative estimate of drug-likeness (QED) is 0.875. The standard InChI is InChI=1S/C17H28N2O2/c1-4-16-11-20-12(2)9-19(16)10-14-7-17(21-13(14)3)8-18-15-5-6-15/h7,12,15-16,18H,4-6,8-11H2,1-3H3. The van der Waals surface area contributed by atoms with Crippen LogP contribution in [0.5, 0.6) is 0 Å². The molecule has 0 aromatic carbocycles. The molecule has 0 spiro atoms. The van der Waals surface area contributed by atoms with Crippen LogP contribution < -0.4 is 5.32 Å². The van der Waals surface area contributed by atoms with Crippen molar-refractivity contribution in [3.63, 3.8) is 0 Å². The summed E-state index contributed by atoms with van der Waals surface area (Å²) in [5, 5.41) is 3.52. The van der Waals surface area contributed by atoms with Gasteiger partial charge in [0.15, 0.2) is 0 Å². The van der Waals surface area contributed by atoms with E-state index < -0.39 is 0 Å². The molecule has 1 aliphatic carbocycles. The zero-order valence-electron chi connectivity index (χ0n) is 13.5. The average Bonchev–Trinajstić information content (AvgIpc) is 3.22. The predicted octanol–water partition coefficient (Wildman–Crippen LogP) is 2.84. The summed E-state index contributed by atoms with van der Waals surface area (Å²) in [7, 11) is 0. The highest BCUT2D eigenvalue weighted by molar-refractivity contribution is 5.21. The number of nitrogens with zero attached hydrogens (tertiary/aromatic N) is 1. The molecule has 2 unspecified atom stereocenters. The molecule has 21 heavy (non-hydrogen) atoms. The Labute approximate surface area is 127 Å². The maximum atomic E-state index is 5.91. The van der Waals surface area contributed by atoms with Crippen LogP contribution in [-0.4, -0.2) is 36.2 Å². The van der Waals surface area contributed by atoms with E-state index in [9.17, 15) is 0 Å². The van der Waals surface area contributed by atoms with Crippen molar-refractivity contribution >= 4 is 0 Å². The Morgan fingerprint density at radius 1 is 1.38 bits per heavy atom. The molecule has 1 N–H and O–H groups in total. The lowest BCUT2D eigenvalue weighted by Gasteiger charge is -2.38. The second kappa shape index (κ2) is 6.51. The monoisotopic (exact) mass is 292 g/mol. The Hall–Kier alpha value is -0.840. The van der Waals surface area contributed by atoms with Crippen LogP contribution in [0.2, 0.25) is 0 Å². The number of nitrogens with one attached hydrogen (secondary N) is 1. The molecule has 0 radical (unpaired) electrons. The maximum absolute atomic E-state index is 5.91. The van der Waals surface area contributed by atoms with Gasteiger partial charge >= 0.3 is 0 Å². The summed E-state index contributed by atoms with van der Waals surface area (Å²) in [5.74, 6) is 2.14. The first-order valence-corrected chi connectivity index (χ1v) is 8.33. The van der Waals surface area contributed by atoms with Gasteiger partial charge in [-0.2, -0.15) is 0 Å². The van der Waals surface area contributed by atoms with Crippen molar-refractivity contribution in [1.29, 1.82) is 0 Å². The van der Waals surface area contributed by atoms with Gasteiger partial charge in [0.1, 0.15) is 11.5 Å². The normalized spacial score (nSPS) is 27.2. The van der Waals surface area contributed by atoms with Gasteiger partial charge in [0.2, 0.25) is 0 Å². The number of hydrogen-bond donors (Lipinski definition) is 1. The molecular weight excluding hydrogens is 264 g/mol. The molecule has 4 heteroatoms. The van der Waals surface area contributed by atoms with Crippen LogP contribution in [0.15, 0.2) is 10.5 Å². The average molecular weight is 292 g/mol. The van der Waals surface area contributed by atoms with E-state index in [-0.39, 0.29) is 0 Å². The van der Waals surface area contributed by atoms with Crippen molar-refractivity contribution in [3.8, 4) is 0 Å². The van der Waals surface area contributed by atoms with Crippen LogP contribution in [-0.2, 0) is 17.8 Å². The minimum Gasteiger partial charge on any atom is -0.465 e.